The van der Waals surface area contributed by atoms with E-state index in [9.17, 15) is 4.79 Å². The molecule has 3 rings (SSSR count). The molecule has 0 saturated heterocycles. The summed E-state index contributed by atoms with van der Waals surface area (Å²) in [5, 5.41) is 0.473. The third-order valence-corrected chi connectivity index (χ3v) is 4.50. The van der Waals surface area contributed by atoms with Crippen molar-refractivity contribution in [1.82, 2.24) is 4.98 Å². The molecule has 1 heterocycles. The van der Waals surface area contributed by atoms with Gasteiger partial charge in [0, 0.05) is 11.3 Å². The van der Waals surface area contributed by atoms with Crippen molar-refractivity contribution in [2.75, 3.05) is 7.11 Å². The highest BCUT2D eigenvalue weighted by atomic mass is 32.2. The topological polar surface area (TPSA) is 52.3 Å². The van der Waals surface area contributed by atoms with Crippen LogP contribution < -0.4 is 0 Å². The Labute approximate surface area is 144 Å². The molecule has 1 aromatic heterocycles. The van der Waals surface area contributed by atoms with Crippen LogP contribution in [-0.2, 0) is 10.5 Å². The van der Waals surface area contributed by atoms with E-state index in [0.29, 0.717) is 16.7 Å². The lowest BCUT2D eigenvalue weighted by Gasteiger charge is -2.00. The Morgan fingerprint density at radius 3 is 2.50 bits per heavy atom. The molecule has 3 aromatic rings. The molecule has 0 aliphatic carbocycles. The van der Waals surface area contributed by atoms with Gasteiger partial charge in [-0.1, -0.05) is 59.8 Å². The molecule has 0 radical (unpaired) electrons. The van der Waals surface area contributed by atoms with Crippen molar-refractivity contribution in [2.45, 2.75) is 17.8 Å². The van der Waals surface area contributed by atoms with E-state index in [4.69, 9.17) is 9.15 Å². The summed E-state index contributed by atoms with van der Waals surface area (Å²) in [5.41, 5.74) is 3.34. The first kappa shape index (κ1) is 16.3. The highest BCUT2D eigenvalue weighted by Crippen LogP contribution is 2.31. The molecule has 0 amide bonds. The summed E-state index contributed by atoms with van der Waals surface area (Å²) in [6, 6.07) is 17.8. The highest BCUT2D eigenvalue weighted by Gasteiger charge is 2.22. The van der Waals surface area contributed by atoms with Gasteiger partial charge in [0.2, 0.25) is 11.6 Å². The zero-order chi connectivity index (χ0) is 16.9. The lowest BCUT2D eigenvalue weighted by Crippen LogP contribution is -2.03. The van der Waals surface area contributed by atoms with Gasteiger partial charge < -0.3 is 9.15 Å². The van der Waals surface area contributed by atoms with Gasteiger partial charge in [0.25, 0.3) is 0 Å². The summed E-state index contributed by atoms with van der Waals surface area (Å²) >= 11 is 1.43. The van der Waals surface area contributed by atoms with Crippen molar-refractivity contribution >= 4 is 17.7 Å². The minimum absolute atomic E-state index is 0.217. The number of methoxy groups -OCH3 is 1. The van der Waals surface area contributed by atoms with Gasteiger partial charge in [-0.25, -0.2) is 9.78 Å². The molecule has 0 aliphatic heterocycles. The fourth-order valence-corrected chi connectivity index (χ4v) is 3.07. The number of thioether (sulfide) groups is 1. The first-order valence-electron chi connectivity index (χ1n) is 7.50. The maximum atomic E-state index is 12.0. The minimum atomic E-state index is -0.493. The van der Waals surface area contributed by atoms with E-state index in [0.717, 1.165) is 16.7 Å². The van der Waals surface area contributed by atoms with Crippen LogP contribution in [0, 0.1) is 6.92 Å². The maximum Gasteiger partial charge on any atom is 0.361 e. The first-order valence-corrected chi connectivity index (χ1v) is 8.49. The van der Waals surface area contributed by atoms with Gasteiger partial charge in [-0.3, -0.25) is 0 Å². The van der Waals surface area contributed by atoms with Gasteiger partial charge in [0.05, 0.1) is 7.11 Å². The van der Waals surface area contributed by atoms with Gasteiger partial charge in [-0.15, -0.1) is 0 Å². The number of esters is 1. The number of hydrogen-bond acceptors (Lipinski definition) is 5. The number of rotatable bonds is 5. The van der Waals surface area contributed by atoms with Crippen LogP contribution in [0.25, 0.3) is 11.5 Å². The van der Waals surface area contributed by atoms with Crippen LogP contribution in [0.5, 0.6) is 0 Å². The predicted octanol–water partition coefficient (Wildman–Crippen LogP) is 4.73. The normalized spacial score (nSPS) is 10.6. The Hall–Kier alpha value is -2.53. The smallest absolute Gasteiger partial charge is 0.361 e. The van der Waals surface area contributed by atoms with E-state index >= 15 is 0 Å². The fraction of sp³-hybridized carbons (Fsp3) is 0.158. The van der Waals surface area contributed by atoms with Gasteiger partial charge >= 0.3 is 5.97 Å². The molecule has 0 unspecified atom stereocenters. The standard InChI is InChI=1S/C19H17NO3S/c1-13-8-10-15(11-9-13)17-20-16(18(21)22-2)19(23-17)24-12-14-6-4-3-5-7-14/h3-11H,12H2,1-2H3. The predicted molar refractivity (Wildman–Crippen MR) is 94.0 cm³/mol. The number of carbonyl (C=O) groups excluding carboxylic acids is 1. The van der Waals surface area contributed by atoms with Crippen LogP contribution in [0.15, 0.2) is 64.1 Å². The van der Waals surface area contributed by atoms with Crippen molar-refractivity contribution in [3.8, 4) is 11.5 Å². The summed E-state index contributed by atoms with van der Waals surface area (Å²) < 4.78 is 10.7. The summed E-state index contributed by atoms with van der Waals surface area (Å²) in [4.78, 5) is 16.3. The van der Waals surface area contributed by atoms with Crippen molar-refractivity contribution < 1.29 is 13.9 Å². The van der Waals surface area contributed by atoms with Crippen molar-refractivity contribution in [2.24, 2.45) is 0 Å². The zero-order valence-electron chi connectivity index (χ0n) is 13.5. The van der Waals surface area contributed by atoms with E-state index < -0.39 is 5.97 Å². The summed E-state index contributed by atoms with van der Waals surface area (Å²) in [6.45, 7) is 2.01. The quantitative estimate of drug-likeness (QED) is 0.497. The fourth-order valence-electron chi connectivity index (χ4n) is 2.17. The number of hydrogen-bond donors (Lipinski definition) is 0. The van der Waals surface area contributed by atoms with Crippen LogP contribution in [0.1, 0.15) is 21.6 Å². The van der Waals surface area contributed by atoms with E-state index in [1.807, 2.05) is 61.5 Å². The van der Waals surface area contributed by atoms with Crippen LogP contribution in [0.4, 0.5) is 0 Å². The number of carbonyl (C=O) groups is 1. The summed E-state index contributed by atoms with van der Waals surface area (Å²) in [6.07, 6.45) is 0. The SMILES string of the molecule is COC(=O)c1nc(-c2ccc(C)cc2)oc1SCc1ccccc1. The van der Waals surface area contributed by atoms with E-state index in [1.165, 1.54) is 18.9 Å². The number of aryl methyl sites for hydroxylation is 1. The second-order valence-corrected chi connectivity index (χ2v) is 6.24. The molecular weight excluding hydrogens is 322 g/mol. The third kappa shape index (κ3) is 3.68. The second-order valence-electron chi connectivity index (χ2n) is 5.29. The molecule has 0 fully saturated rings. The molecule has 0 atom stereocenters. The highest BCUT2D eigenvalue weighted by molar-refractivity contribution is 7.98. The average molecular weight is 339 g/mol. The monoisotopic (exact) mass is 339 g/mol. The van der Waals surface area contributed by atoms with Gasteiger partial charge in [-0.05, 0) is 24.6 Å². The number of oxazole rings is 1. The first-order chi connectivity index (χ1) is 11.7. The molecule has 4 nitrogen and oxygen atoms in total. The molecule has 122 valence electrons. The molecule has 2 aromatic carbocycles. The van der Waals surface area contributed by atoms with Crippen LogP contribution in [-0.4, -0.2) is 18.1 Å². The zero-order valence-corrected chi connectivity index (χ0v) is 14.3. The molecule has 0 N–H and O–H groups in total. The molecule has 0 saturated carbocycles. The number of ether oxygens (including phenoxy) is 1. The van der Waals surface area contributed by atoms with Crippen LogP contribution in [0.3, 0.4) is 0 Å². The molecule has 0 bridgehead atoms. The van der Waals surface area contributed by atoms with Gasteiger partial charge in [0.1, 0.15) is 0 Å². The summed E-state index contributed by atoms with van der Waals surface area (Å²) in [7, 11) is 1.34. The second kappa shape index (κ2) is 7.36. The van der Waals surface area contributed by atoms with Crippen molar-refractivity contribution in [1.29, 1.82) is 0 Å². The van der Waals surface area contributed by atoms with Crippen LogP contribution in [0.2, 0.25) is 0 Å². The lowest BCUT2D eigenvalue weighted by atomic mass is 10.1. The van der Waals surface area contributed by atoms with Gasteiger partial charge in [-0.2, -0.15) is 0 Å². The van der Waals surface area contributed by atoms with Crippen LogP contribution >= 0.6 is 11.8 Å². The molecule has 24 heavy (non-hydrogen) atoms. The Balaban J connectivity index is 1.89. The Morgan fingerprint density at radius 2 is 1.83 bits per heavy atom. The Morgan fingerprint density at radius 1 is 1.12 bits per heavy atom. The molecule has 0 spiro atoms. The molecular formula is C19H17NO3S. The summed E-state index contributed by atoms with van der Waals surface area (Å²) in [5.74, 6) is 0.617. The number of benzene rings is 2. The number of aromatic nitrogens is 1. The average Bonchev–Trinajstić information content (AvgIpc) is 3.05. The number of nitrogens with zero attached hydrogens (tertiary/aromatic N) is 1. The Kier molecular flexibility index (Phi) is 5.01. The van der Waals surface area contributed by atoms with E-state index in [2.05, 4.69) is 4.98 Å². The van der Waals surface area contributed by atoms with Crippen molar-refractivity contribution in [3.05, 3.63) is 71.4 Å². The van der Waals surface area contributed by atoms with Crippen molar-refractivity contribution in [3.63, 3.8) is 0 Å². The molecule has 5 heteroatoms. The maximum absolute atomic E-state index is 12.0. The lowest BCUT2D eigenvalue weighted by molar-refractivity contribution is 0.0588. The van der Waals surface area contributed by atoms with Gasteiger partial charge in [0.15, 0.2) is 5.09 Å². The third-order valence-electron chi connectivity index (χ3n) is 3.49. The molecule has 0 aliphatic rings. The minimum Gasteiger partial charge on any atom is -0.464 e. The van der Waals surface area contributed by atoms with E-state index in [1.54, 1.807) is 0 Å². The van der Waals surface area contributed by atoms with E-state index in [-0.39, 0.29) is 5.69 Å². The largest absolute Gasteiger partial charge is 0.464 e. The Bertz CT molecular complexity index is 826.